The van der Waals surface area contributed by atoms with Crippen molar-refractivity contribution in [2.75, 3.05) is 6.61 Å². The highest BCUT2D eigenvalue weighted by atomic mass is 79.9. The Morgan fingerprint density at radius 3 is 2.71 bits per heavy atom. The summed E-state index contributed by atoms with van der Waals surface area (Å²) in [4.78, 5) is 16.1. The zero-order valence-electron chi connectivity index (χ0n) is 11.4. The number of carbonyl (C=O) groups is 1. The van der Waals surface area contributed by atoms with Gasteiger partial charge in [-0.1, -0.05) is 0 Å². The van der Waals surface area contributed by atoms with Gasteiger partial charge in [-0.25, -0.2) is 0 Å². The Hall–Kier alpha value is -1.11. The first-order valence-electron chi connectivity index (χ1n) is 6.67. The van der Waals surface area contributed by atoms with Gasteiger partial charge in [0.25, 0.3) is 0 Å². The van der Waals surface area contributed by atoms with Crippen molar-refractivity contribution in [3.63, 3.8) is 0 Å². The number of pyridine rings is 1. The van der Waals surface area contributed by atoms with Crippen LogP contribution < -0.4 is 0 Å². The quantitative estimate of drug-likeness (QED) is 0.738. The molecule has 2 rings (SSSR count). The van der Waals surface area contributed by atoms with E-state index in [0.29, 0.717) is 5.69 Å². The van der Waals surface area contributed by atoms with Gasteiger partial charge in [-0.2, -0.15) is 13.2 Å². The van der Waals surface area contributed by atoms with Crippen LogP contribution >= 0.6 is 15.9 Å². The number of hydrogen-bond donors (Lipinski definition) is 0. The minimum atomic E-state index is -4.18. The van der Waals surface area contributed by atoms with Gasteiger partial charge in [0, 0.05) is 10.7 Å². The molecule has 21 heavy (non-hydrogen) atoms. The van der Waals surface area contributed by atoms with Crippen LogP contribution in [0.5, 0.6) is 0 Å². The third-order valence-corrected chi connectivity index (χ3v) is 4.03. The molecule has 0 aliphatic heterocycles. The number of hydrogen-bond acceptors (Lipinski definition) is 3. The van der Waals surface area contributed by atoms with Crippen LogP contribution in [0.25, 0.3) is 0 Å². The molecule has 7 heteroatoms. The molecule has 0 spiro atoms. The van der Waals surface area contributed by atoms with Crippen molar-refractivity contribution in [1.82, 2.24) is 4.98 Å². The second-order valence-electron chi connectivity index (χ2n) is 5.09. The molecular weight excluding hydrogens is 351 g/mol. The molecule has 1 fully saturated rings. The average molecular weight is 366 g/mol. The number of aromatic nitrogens is 1. The monoisotopic (exact) mass is 365 g/mol. The van der Waals surface area contributed by atoms with Gasteiger partial charge >= 0.3 is 12.1 Å². The Balaban J connectivity index is 2.10. The lowest BCUT2D eigenvalue weighted by atomic mass is 9.97. The summed E-state index contributed by atoms with van der Waals surface area (Å²) >= 11 is 3.23. The molecule has 0 aromatic carbocycles. The molecule has 1 aliphatic rings. The first-order chi connectivity index (χ1) is 9.82. The first kappa shape index (κ1) is 16.3. The normalized spacial score (nSPS) is 22.7. The number of halogens is 4. The maximum atomic E-state index is 12.6. The molecule has 0 radical (unpaired) electrons. The van der Waals surface area contributed by atoms with Crippen molar-refractivity contribution in [1.29, 1.82) is 0 Å². The van der Waals surface area contributed by atoms with Crippen molar-refractivity contribution >= 4 is 21.9 Å². The van der Waals surface area contributed by atoms with E-state index in [1.54, 1.807) is 19.1 Å². The zero-order valence-corrected chi connectivity index (χ0v) is 12.9. The fourth-order valence-corrected chi connectivity index (χ4v) is 2.62. The number of ether oxygens (including phenoxy) is 1. The summed E-state index contributed by atoms with van der Waals surface area (Å²) in [6, 6.07) is 3.35. The molecule has 1 aliphatic carbocycles. The summed E-state index contributed by atoms with van der Waals surface area (Å²) in [6.07, 6.45) is -2.46. The van der Waals surface area contributed by atoms with E-state index < -0.39 is 29.9 Å². The molecule has 0 amide bonds. The lowest BCUT2D eigenvalue weighted by Gasteiger charge is -2.15. The minimum absolute atomic E-state index is 0.0793. The fraction of sp³-hybridized carbons (Fsp3) is 0.571. The van der Waals surface area contributed by atoms with Crippen LogP contribution in [-0.4, -0.2) is 23.7 Å². The van der Waals surface area contributed by atoms with Crippen LogP contribution in [0.4, 0.5) is 13.2 Å². The van der Waals surface area contributed by atoms with E-state index in [1.807, 2.05) is 0 Å². The summed E-state index contributed by atoms with van der Waals surface area (Å²) in [5, 5.41) is 0. The van der Waals surface area contributed by atoms with Gasteiger partial charge in [-0.05, 0) is 53.7 Å². The van der Waals surface area contributed by atoms with Gasteiger partial charge in [0.15, 0.2) is 0 Å². The highest BCUT2D eigenvalue weighted by molar-refractivity contribution is 9.10. The van der Waals surface area contributed by atoms with Crippen LogP contribution in [0.1, 0.15) is 31.4 Å². The summed E-state index contributed by atoms with van der Waals surface area (Å²) in [5.74, 6) is -3.08. The second kappa shape index (κ2) is 6.34. The fourth-order valence-electron chi connectivity index (χ4n) is 2.39. The van der Waals surface area contributed by atoms with Gasteiger partial charge in [-0.3, -0.25) is 9.78 Å². The summed E-state index contributed by atoms with van der Waals surface area (Å²) in [5.41, 5.74) is 0.449. The number of alkyl halides is 3. The zero-order chi connectivity index (χ0) is 15.6. The molecular formula is C14H15BrF3NO2. The Bertz CT molecular complexity index is 504. The standard InChI is InChI=1S/C14H15BrF3NO2/c1-2-21-13(20)10(12-4-3-9(15)7-19-12)5-8-6-11(8)14(16,17)18/h3-4,7-8,10-11H,2,5-6H2,1H3. The van der Waals surface area contributed by atoms with Crippen molar-refractivity contribution in [3.8, 4) is 0 Å². The van der Waals surface area contributed by atoms with Crippen LogP contribution in [0.3, 0.4) is 0 Å². The predicted molar refractivity (Wildman–Crippen MR) is 73.6 cm³/mol. The molecule has 1 heterocycles. The van der Waals surface area contributed by atoms with Gasteiger partial charge in [0.2, 0.25) is 0 Å². The van der Waals surface area contributed by atoms with Crippen LogP contribution in [0.15, 0.2) is 22.8 Å². The summed E-state index contributed by atoms with van der Waals surface area (Å²) in [6.45, 7) is 1.86. The summed E-state index contributed by atoms with van der Waals surface area (Å²) in [7, 11) is 0. The van der Waals surface area contributed by atoms with E-state index in [-0.39, 0.29) is 19.4 Å². The highest BCUT2D eigenvalue weighted by Gasteiger charge is 2.56. The van der Waals surface area contributed by atoms with Crippen LogP contribution in [0, 0.1) is 11.8 Å². The van der Waals surface area contributed by atoms with E-state index in [9.17, 15) is 18.0 Å². The Morgan fingerprint density at radius 2 is 2.24 bits per heavy atom. The van der Waals surface area contributed by atoms with E-state index in [0.717, 1.165) is 4.47 Å². The van der Waals surface area contributed by atoms with Crippen LogP contribution in [0.2, 0.25) is 0 Å². The van der Waals surface area contributed by atoms with Crippen LogP contribution in [-0.2, 0) is 9.53 Å². The maximum Gasteiger partial charge on any atom is 0.392 e. The lowest BCUT2D eigenvalue weighted by Crippen LogP contribution is -2.19. The molecule has 0 N–H and O–H groups in total. The maximum absolute atomic E-state index is 12.6. The average Bonchev–Trinajstić information content (AvgIpc) is 3.17. The molecule has 3 unspecified atom stereocenters. The Labute approximate surface area is 129 Å². The van der Waals surface area contributed by atoms with Gasteiger partial charge in [0.05, 0.1) is 24.1 Å². The summed E-state index contributed by atoms with van der Waals surface area (Å²) < 4.78 is 43.5. The van der Waals surface area contributed by atoms with Crippen molar-refractivity contribution in [2.45, 2.75) is 31.9 Å². The molecule has 116 valence electrons. The second-order valence-corrected chi connectivity index (χ2v) is 6.00. The topological polar surface area (TPSA) is 39.2 Å². The number of rotatable bonds is 5. The number of nitrogens with zero attached hydrogens (tertiary/aromatic N) is 1. The smallest absolute Gasteiger partial charge is 0.392 e. The van der Waals surface area contributed by atoms with Crippen molar-refractivity contribution in [2.24, 2.45) is 11.8 Å². The third kappa shape index (κ3) is 4.18. The van der Waals surface area contributed by atoms with E-state index in [4.69, 9.17) is 4.74 Å². The van der Waals surface area contributed by atoms with E-state index in [1.165, 1.54) is 6.20 Å². The Kier molecular flexibility index (Phi) is 4.91. The number of esters is 1. The molecule has 1 saturated carbocycles. The molecule has 0 bridgehead atoms. The third-order valence-electron chi connectivity index (χ3n) is 3.56. The van der Waals surface area contributed by atoms with Gasteiger partial charge in [0.1, 0.15) is 0 Å². The largest absolute Gasteiger partial charge is 0.465 e. The molecule has 3 nitrogen and oxygen atoms in total. The van der Waals surface area contributed by atoms with Gasteiger partial charge < -0.3 is 4.74 Å². The first-order valence-corrected chi connectivity index (χ1v) is 7.47. The highest BCUT2D eigenvalue weighted by Crippen LogP contribution is 2.53. The molecule has 1 aromatic heterocycles. The van der Waals surface area contributed by atoms with Crippen molar-refractivity contribution < 1.29 is 22.7 Å². The molecule has 1 aromatic rings. The van der Waals surface area contributed by atoms with E-state index in [2.05, 4.69) is 20.9 Å². The molecule has 3 atom stereocenters. The number of carbonyl (C=O) groups excluding carboxylic acids is 1. The lowest BCUT2D eigenvalue weighted by molar-refractivity contribution is -0.153. The SMILES string of the molecule is CCOC(=O)C(CC1CC1C(F)(F)F)c1ccc(Br)cn1. The van der Waals surface area contributed by atoms with E-state index >= 15 is 0 Å². The van der Waals surface area contributed by atoms with Gasteiger partial charge in [-0.15, -0.1) is 0 Å². The molecule has 0 saturated heterocycles. The Morgan fingerprint density at radius 1 is 1.52 bits per heavy atom. The predicted octanol–water partition coefficient (Wildman–Crippen LogP) is 4.08. The minimum Gasteiger partial charge on any atom is -0.465 e. The van der Waals surface area contributed by atoms with Crippen molar-refractivity contribution in [3.05, 3.63) is 28.5 Å².